The first-order valence-corrected chi connectivity index (χ1v) is 3.63. The first-order valence-electron chi connectivity index (χ1n) is 3.63. The summed E-state index contributed by atoms with van der Waals surface area (Å²) in [5.74, 6) is -0.343. The smallest absolute Gasteiger partial charge is 0.328 e. The number of carboxylic acid groups (broad SMARTS) is 1. The summed E-state index contributed by atoms with van der Waals surface area (Å²) in [4.78, 5) is 14.1. The predicted molar refractivity (Wildman–Crippen MR) is 47.5 cm³/mol. The molecule has 0 atom stereocenters. The van der Waals surface area contributed by atoms with Gasteiger partial charge in [-0.15, -0.1) is 0 Å². The van der Waals surface area contributed by atoms with Gasteiger partial charge in [0.2, 0.25) is 0 Å². The van der Waals surface area contributed by atoms with Crippen molar-refractivity contribution in [2.24, 2.45) is 0 Å². The van der Waals surface area contributed by atoms with Crippen molar-refractivity contribution in [3.63, 3.8) is 0 Å². The van der Waals surface area contributed by atoms with Crippen molar-refractivity contribution < 1.29 is 14.6 Å². The standard InChI is InChI=1S/C9H9NO3/c1-13-8-4-5-10-7(6-8)2-3-9(11)12/h2-6H,1H3,(H,11,12)/b3-2+. The van der Waals surface area contributed by atoms with Crippen LogP contribution in [0.3, 0.4) is 0 Å². The normalized spacial score (nSPS) is 10.2. The fraction of sp³-hybridized carbons (Fsp3) is 0.111. The second-order valence-corrected chi connectivity index (χ2v) is 2.29. The molecule has 4 heteroatoms. The van der Waals surface area contributed by atoms with E-state index in [0.29, 0.717) is 11.4 Å². The van der Waals surface area contributed by atoms with Crippen LogP contribution in [0.1, 0.15) is 5.69 Å². The van der Waals surface area contributed by atoms with Crippen molar-refractivity contribution in [1.82, 2.24) is 4.98 Å². The summed E-state index contributed by atoms with van der Waals surface area (Å²) in [5, 5.41) is 8.36. The van der Waals surface area contributed by atoms with E-state index in [2.05, 4.69) is 4.98 Å². The Kier molecular flexibility index (Phi) is 3.03. The minimum absolute atomic E-state index is 0.557. The lowest BCUT2D eigenvalue weighted by Gasteiger charge is -1.98. The van der Waals surface area contributed by atoms with Crippen LogP contribution in [0.25, 0.3) is 6.08 Å². The molecule has 1 rings (SSSR count). The van der Waals surface area contributed by atoms with E-state index >= 15 is 0 Å². The topological polar surface area (TPSA) is 59.4 Å². The molecule has 0 unspecified atom stereocenters. The first kappa shape index (κ1) is 9.25. The van der Waals surface area contributed by atoms with Crippen LogP contribution in [0.5, 0.6) is 5.75 Å². The van der Waals surface area contributed by atoms with E-state index in [1.807, 2.05) is 0 Å². The van der Waals surface area contributed by atoms with Gasteiger partial charge >= 0.3 is 5.97 Å². The Bertz CT molecular complexity index is 333. The van der Waals surface area contributed by atoms with Gasteiger partial charge in [-0.05, 0) is 12.1 Å². The van der Waals surface area contributed by atoms with Gasteiger partial charge in [0.05, 0.1) is 12.8 Å². The van der Waals surface area contributed by atoms with Crippen LogP contribution in [-0.4, -0.2) is 23.2 Å². The van der Waals surface area contributed by atoms with E-state index < -0.39 is 5.97 Å². The highest BCUT2D eigenvalue weighted by molar-refractivity contribution is 5.84. The van der Waals surface area contributed by atoms with Crippen LogP contribution in [0.15, 0.2) is 24.4 Å². The third kappa shape index (κ3) is 2.94. The van der Waals surface area contributed by atoms with E-state index in [9.17, 15) is 4.79 Å². The van der Waals surface area contributed by atoms with Crippen LogP contribution >= 0.6 is 0 Å². The van der Waals surface area contributed by atoms with Gasteiger partial charge in [0, 0.05) is 18.3 Å². The fourth-order valence-corrected chi connectivity index (χ4v) is 0.803. The average Bonchev–Trinajstić information content (AvgIpc) is 2.15. The monoisotopic (exact) mass is 179 g/mol. The van der Waals surface area contributed by atoms with Crippen molar-refractivity contribution in [3.05, 3.63) is 30.1 Å². The number of pyridine rings is 1. The Labute approximate surface area is 75.5 Å². The van der Waals surface area contributed by atoms with Gasteiger partial charge in [-0.25, -0.2) is 4.79 Å². The summed E-state index contributed by atoms with van der Waals surface area (Å²) < 4.78 is 4.94. The van der Waals surface area contributed by atoms with Crippen molar-refractivity contribution in [2.45, 2.75) is 0 Å². The molecule has 68 valence electrons. The maximum atomic E-state index is 10.2. The number of aliphatic carboxylic acids is 1. The summed E-state index contributed by atoms with van der Waals surface area (Å²) >= 11 is 0. The number of aromatic nitrogens is 1. The summed E-state index contributed by atoms with van der Waals surface area (Å²) in [5.41, 5.74) is 0.557. The minimum atomic E-state index is -0.996. The van der Waals surface area contributed by atoms with Crippen molar-refractivity contribution in [1.29, 1.82) is 0 Å². The Morgan fingerprint density at radius 3 is 3.08 bits per heavy atom. The Morgan fingerprint density at radius 1 is 1.69 bits per heavy atom. The minimum Gasteiger partial charge on any atom is -0.497 e. The van der Waals surface area contributed by atoms with Gasteiger partial charge in [-0.1, -0.05) is 0 Å². The zero-order valence-corrected chi connectivity index (χ0v) is 7.10. The molecule has 0 aliphatic heterocycles. The SMILES string of the molecule is COc1ccnc(/C=C/C(=O)O)c1. The molecule has 13 heavy (non-hydrogen) atoms. The highest BCUT2D eigenvalue weighted by atomic mass is 16.5. The largest absolute Gasteiger partial charge is 0.497 e. The van der Waals surface area contributed by atoms with E-state index in [1.165, 1.54) is 6.08 Å². The van der Waals surface area contributed by atoms with E-state index in [-0.39, 0.29) is 0 Å². The number of nitrogens with zero attached hydrogens (tertiary/aromatic N) is 1. The Hall–Kier alpha value is -1.84. The molecule has 0 aliphatic carbocycles. The molecule has 0 bridgehead atoms. The quantitative estimate of drug-likeness (QED) is 0.708. The van der Waals surface area contributed by atoms with Gasteiger partial charge < -0.3 is 9.84 Å². The third-order valence-electron chi connectivity index (χ3n) is 1.38. The first-order chi connectivity index (χ1) is 6.22. The number of methoxy groups -OCH3 is 1. The highest BCUT2D eigenvalue weighted by Gasteiger charge is 1.93. The van der Waals surface area contributed by atoms with E-state index in [4.69, 9.17) is 9.84 Å². The van der Waals surface area contributed by atoms with Crippen LogP contribution in [-0.2, 0) is 4.79 Å². The van der Waals surface area contributed by atoms with Crippen LogP contribution in [0.2, 0.25) is 0 Å². The second kappa shape index (κ2) is 4.25. The molecule has 0 spiro atoms. The predicted octanol–water partition coefficient (Wildman–Crippen LogP) is 1.19. The maximum Gasteiger partial charge on any atom is 0.328 e. The number of rotatable bonds is 3. The van der Waals surface area contributed by atoms with Crippen molar-refractivity contribution >= 4 is 12.0 Å². The summed E-state index contributed by atoms with van der Waals surface area (Å²) in [6.07, 6.45) is 3.99. The van der Waals surface area contributed by atoms with Gasteiger partial charge in [-0.3, -0.25) is 4.98 Å². The summed E-state index contributed by atoms with van der Waals surface area (Å²) in [6.45, 7) is 0. The lowest BCUT2D eigenvalue weighted by molar-refractivity contribution is -0.131. The van der Waals surface area contributed by atoms with E-state index in [1.54, 1.807) is 25.4 Å². The Morgan fingerprint density at radius 2 is 2.46 bits per heavy atom. The van der Waals surface area contributed by atoms with Gasteiger partial charge in [-0.2, -0.15) is 0 Å². The number of hydrogen-bond acceptors (Lipinski definition) is 3. The molecule has 0 saturated carbocycles. The van der Waals surface area contributed by atoms with Crippen molar-refractivity contribution in [3.8, 4) is 5.75 Å². The molecule has 0 aromatic carbocycles. The zero-order valence-electron chi connectivity index (χ0n) is 7.10. The molecule has 1 aromatic heterocycles. The fourth-order valence-electron chi connectivity index (χ4n) is 0.803. The molecular weight excluding hydrogens is 170 g/mol. The number of ether oxygens (including phenoxy) is 1. The lowest BCUT2D eigenvalue weighted by Crippen LogP contribution is -1.88. The van der Waals surface area contributed by atoms with Gasteiger partial charge in [0.25, 0.3) is 0 Å². The van der Waals surface area contributed by atoms with Gasteiger partial charge in [0.15, 0.2) is 0 Å². The van der Waals surface area contributed by atoms with Crippen LogP contribution in [0, 0.1) is 0 Å². The van der Waals surface area contributed by atoms with Crippen molar-refractivity contribution in [2.75, 3.05) is 7.11 Å². The molecule has 1 N–H and O–H groups in total. The third-order valence-corrected chi connectivity index (χ3v) is 1.38. The van der Waals surface area contributed by atoms with E-state index in [0.717, 1.165) is 6.08 Å². The highest BCUT2D eigenvalue weighted by Crippen LogP contribution is 2.10. The number of carboxylic acids is 1. The number of hydrogen-bond donors (Lipinski definition) is 1. The second-order valence-electron chi connectivity index (χ2n) is 2.29. The molecule has 4 nitrogen and oxygen atoms in total. The summed E-state index contributed by atoms with van der Waals surface area (Å²) in [6, 6.07) is 3.34. The molecule has 1 aromatic rings. The molecule has 0 fully saturated rings. The zero-order chi connectivity index (χ0) is 9.68. The average molecular weight is 179 g/mol. The molecule has 0 radical (unpaired) electrons. The lowest BCUT2D eigenvalue weighted by atomic mass is 10.3. The van der Waals surface area contributed by atoms with Crippen LogP contribution < -0.4 is 4.74 Å². The molecular formula is C9H9NO3. The maximum absolute atomic E-state index is 10.2. The van der Waals surface area contributed by atoms with Gasteiger partial charge in [0.1, 0.15) is 5.75 Å². The molecule has 0 amide bonds. The number of carbonyl (C=O) groups is 1. The molecule has 0 saturated heterocycles. The Balaban J connectivity index is 2.83. The molecule has 0 aliphatic rings. The molecule has 1 heterocycles. The van der Waals surface area contributed by atoms with Crippen LogP contribution in [0.4, 0.5) is 0 Å². The summed E-state index contributed by atoms with van der Waals surface area (Å²) in [7, 11) is 1.54.